The van der Waals surface area contributed by atoms with Crippen LogP contribution in [0.5, 0.6) is 5.75 Å². The summed E-state index contributed by atoms with van der Waals surface area (Å²) >= 11 is 0. The fourth-order valence-electron chi connectivity index (χ4n) is 1.67. The summed E-state index contributed by atoms with van der Waals surface area (Å²) in [6.07, 6.45) is 0. The van der Waals surface area contributed by atoms with Gasteiger partial charge in [0.05, 0.1) is 6.61 Å². The molecule has 0 fully saturated rings. The number of ether oxygens (including phenoxy) is 1. The number of hydrogen-bond acceptors (Lipinski definition) is 4. The molecule has 0 atom stereocenters. The van der Waals surface area contributed by atoms with E-state index in [2.05, 4.69) is 5.32 Å². The topological polar surface area (TPSA) is 84.7 Å². The first-order valence-corrected chi connectivity index (χ1v) is 6.56. The zero-order valence-electron chi connectivity index (χ0n) is 11.9. The smallest absolute Gasteiger partial charge is 0.324 e. The summed E-state index contributed by atoms with van der Waals surface area (Å²) in [6, 6.07) is 6.98. The maximum absolute atomic E-state index is 11.8. The fraction of sp³-hybridized carbons (Fsp3) is 0.429. The second kappa shape index (κ2) is 8.16. The third-order valence-corrected chi connectivity index (χ3v) is 2.66. The number of carbonyl (C=O) groups excluding carboxylic acids is 2. The zero-order valence-corrected chi connectivity index (χ0v) is 11.9. The Balaban J connectivity index is 2.53. The van der Waals surface area contributed by atoms with Crippen LogP contribution in [0.3, 0.4) is 0 Å². The van der Waals surface area contributed by atoms with Crippen LogP contribution in [0.15, 0.2) is 24.3 Å². The van der Waals surface area contributed by atoms with Crippen LogP contribution in [0.4, 0.5) is 4.79 Å². The van der Waals surface area contributed by atoms with E-state index in [1.54, 1.807) is 0 Å². The summed E-state index contributed by atoms with van der Waals surface area (Å²) in [5.41, 5.74) is 6.30. The number of amides is 3. The van der Waals surface area contributed by atoms with E-state index in [1.807, 2.05) is 31.2 Å². The van der Waals surface area contributed by atoms with Gasteiger partial charge in [-0.2, -0.15) is 0 Å². The average molecular weight is 279 g/mol. The van der Waals surface area contributed by atoms with Gasteiger partial charge in [-0.1, -0.05) is 12.1 Å². The van der Waals surface area contributed by atoms with Gasteiger partial charge in [-0.3, -0.25) is 9.69 Å². The molecule has 0 aliphatic heterocycles. The number of nitrogens with two attached hydrogens (primary N) is 1. The molecule has 0 aromatic heterocycles. The summed E-state index contributed by atoms with van der Waals surface area (Å²) in [7, 11) is 0. The number of hydrogen-bond donors (Lipinski definition) is 2. The molecule has 3 N–H and O–H groups in total. The predicted octanol–water partition coefficient (Wildman–Crippen LogP) is 1.10. The molecule has 0 unspecified atom stereocenters. The van der Waals surface area contributed by atoms with Gasteiger partial charge in [-0.25, -0.2) is 4.79 Å². The molecule has 0 heterocycles. The molecule has 0 aliphatic rings. The largest absolute Gasteiger partial charge is 0.494 e. The van der Waals surface area contributed by atoms with Crippen LogP contribution in [-0.4, -0.2) is 36.5 Å². The van der Waals surface area contributed by atoms with Crippen LogP contribution in [-0.2, 0) is 11.3 Å². The van der Waals surface area contributed by atoms with Crippen LogP contribution < -0.4 is 15.8 Å². The molecule has 0 aliphatic carbocycles. The molecular formula is C14H21N3O3. The van der Waals surface area contributed by atoms with Crippen molar-refractivity contribution in [1.82, 2.24) is 10.2 Å². The molecule has 110 valence electrons. The molecule has 6 heteroatoms. The first kappa shape index (κ1) is 16.0. The van der Waals surface area contributed by atoms with Gasteiger partial charge in [0.15, 0.2) is 0 Å². The van der Waals surface area contributed by atoms with Crippen molar-refractivity contribution < 1.29 is 14.3 Å². The fourth-order valence-corrected chi connectivity index (χ4v) is 1.67. The van der Waals surface area contributed by atoms with E-state index in [0.717, 1.165) is 16.2 Å². The average Bonchev–Trinajstić information content (AvgIpc) is 2.43. The standard InChI is InChI=1S/C14H21N3O3/c1-3-20-13-6-4-12(5-7-13)10-16-14(19)17(9-8-15)11(2)18/h4-7H,3,8-10,15H2,1-2H3,(H,16,19). The Morgan fingerprint density at radius 1 is 1.30 bits per heavy atom. The Kier molecular flexibility index (Phi) is 6.52. The number of nitrogens with zero attached hydrogens (tertiary/aromatic N) is 1. The summed E-state index contributed by atoms with van der Waals surface area (Å²) in [4.78, 5) is 24.2. The van der Waals surface area contributed by atoms with Crippen LogP contribution in [0, 0.1) is 0 Å². The zero-order chi connectivity index (χ0) is 15.0. The number of imide groups is 1. The van der Waals surface area contributed by atoms with Crippen molar-refractivity contribution in [2.24, 2.45) is 5.73 Å². The highest BCUT2D eigenvalue weighted by Gasteiger charge is 2.16. The minimum Gasteiger partial charge on any atom is -0.494 e. The van der Waals surface area contributed by atoms with E-state index in [9.17, 15) is 9.59 Å². The SMILES string of the molecule is CCOc1ccc(CNC(=O)N(CCN)C(C)=O)cc1. The van der Waals surface area contributed by atoms with Gasteiger partial charge < -0.3 is 15.8 Å². The second-order valence-corrected chi connectivity index (χ2v) is 4.20. The van der Waals surface area contributed by atoms with E-state index >= 15 is 0 Å². The number of nitrogens with one attached hydrogen (secondary N) is 1. The van der Waals surface area contributed by atoms with E-state index < -0.39 is 6.03 Å². The second-order valence-electron chi connectivity index (χ2n) is 4.20. The van der Waals surface area contributed by atoms with Gasteiger partial charge in [0, 0.05) is 26.6 Å². The van der Waals surface area contributed by atoms with Crippen molar-refractivity contribution >= 4 is 11.9 Å². The molecule has 0 saturated carbocycles. The molecule has 20 heavy (non-hydrogen) atoms. The quantitative estimate of drug-likeness (QED) is 0.816. The van der Waals surface area contributed by atoms with Crippen molar-refractivity contribution in [2.45, 2.75) is 20.4 Å². The monoisotopic (exact) mass is 279 g/mol. The van der Waals surface area contributed by atoms with Crippen molar-refractivity contribution in [3.63, 3.8) is 0 Å². The number of benzene rings is 1. The Labute approximate surface area is 118 Å². The Hall–Kier alpha value is -2.08. The highest BCUT2D eigenvalue weighted by atomic mass is 16.5. The Morgan fingerprint density at radius 2 is 1.95 bits per heavy atom. The highest BCUT2D eigenvalue weighted by molar-refractivity contribution is 5.93. The van der Waals surface area contributed by atoms with Gasteiger partial charge >= 0.3 is 6.03 Å². The van der Waals surface area contributed by atoms with Crippen molar-refractivity contribution in [3.05, 3.63) is 29.8 Å². The van der Waals surface area contributed by atoms with Gasteiger partial charge in [0.1, 0.15) is 5.75 Å². The summed E-state index contributed by atoms with van der Waals surface area (Å²) in [5, 5.41) is 2.69. The van der Waals surface area contributed by atoms with Gasteiger partial charge in [-0.15, -0.1) is 0 Å². The minimum absolute atomic E-state index is 0.213. The van der Waals surface area contributed by atoms with Crippen LogP contribution in [0.1, 0.15) is 19.4 Å². The number of urea groups is 1. The number of carbonyl (C=O) groups is 2. The normalized spacial score (nSPS) is 9.95. The molecule has 0 bridgehead atoms. The number of rotatable bonds is 6. The lowest BCUT2D eigenvalue weighted by atomic mass is 10.2. The van der Waals surface area contributed by atoms with Crippen molar-refractivity contribution in [1.29, 1.82) is 0 Å². The van der Waals surface area contributed by atoms with Crippen LogP contribution in [0.25, 0.3) is 0 Å². The molecule has 0 spiro atoms. The Bertz CT molecular complexity index is 445. The Morgan fingerprint density at radius 3 is 2.45 bits per heavy atom. The maximum atomic E-state index is 11.8. The van der Waals surface area contributed by atoms with Gasteiger partial charge in [0.2, 0.25) is 5.91 Å². The minimum atomic E-state index is -0.433. The molecular weight excluding hydrogens is 258 g/mol. The predicted molar refractivity (Wildman–Crippen MR) is 76.3 cm³/mol. The van der Waals surface area contributed by atoms with E-state index in [-0.39, 0.29) is 19.0 Å². The molecule has 0 saturated heterocycles. The van der Waals surface area contributed by atoms with Crippen LogP contribution >= 0.6 is 0 Å². The third-order valence-electron chi connectivity index (χ3n) is 2.66. The lowest BCUT2D eigenvalue weighted by Gasteiger charge is -2.18. The van der Waals surface area contributed by atoms with Crippen LogP contribution in [0.2, 0.25) is 0 Å². The molecule has 3 amide bonds. The van der Waals surface area contributed by atoms with E-state index in [4.69, 9.17) is 10.5 Å². The highest BCUT2D eigenvalue weighted by Crippen LogP contribution is 2.11. The van der Waals surface area contributed by atoms with Gasteiger partial charge in [0.25, 0.3) is 0 Å². The summed E-state index contributed by atoms with van der Waals surface area (Å²) in [6.45, 7) is 4.68. The van der Waals surface area contributed by atoms with Gasteiger partial charge in [-0.05, 0) is 24.6 Å². The lowest BCUT2D eigenvalue weighted by molar-refractivity contribution is -0.125. The molecule has 1 aromatic rings. The first-order chi connectivity index (χ1) is 9.58. The summed E-state index contributed by atoms with van der Waals surface area (Å²) < 4.78 is 5.33. The van der Waals surface area contributed by atoms with Crippen molar-refractivity contribution in [3.8, 4) is 5.75 Å². The molecule has 1 aromatic carbocycles. The first-order valence-electron chi connectivity index (χ1n) is 6.56. The molecule has 1 rings (SSSR count). The van der Waals surface area contributed by atoms with E-state index in [0.29, 0.717) is 13.2 Å². The molecule has 6 nitrogen and oxygen atoms in total. The van der Waals surface area contributed by atoms with Crippen molar-refractivity contribution in [2.75, 3.05) is 19.7 Å². The van der Waals surface area contributed by atoms with E-state index in [1.165, 1.54) is 6.92 Å². The lowest BCUT2D eigenvalue weighted by Crippen LogP contribution is -2.44. The molecule has 0 radical (unpaired) electrons. The third kappa shape index (κ3) is 4.89. The summed E-state index contributed by atoms with van der Waals surface area (Å²) in [5.74, 6) is 0.468. The maximum Gasteiger partial charge on any atom is 0.324 e.